The van der Waals surface area contributed by atoms with E-state index < -0.39 is 0 Å². The molecule has 0 spiro atoms. The average molecular weight is 422 g/mol. The van der Waals surface area contributed by atoms with Crippen LogP contribution in [0.3, 0.4) is 0 Å². The summed E-state index contributed by atoms with van der Waals surface area (Å²) in [6.07, 6.45) is 9.33. The molecule has 2 heterocycles. The summed E-state index contributed by atoms with van der Waals surface area (Å²) in [5.74, 6) is 0.842. The fourth-order valence-electron chi connectivity index (χ4n) is 4.62. The Morgan fingerprint density at radius 3 is 2.45 bits per heavy atom. The minimum atomic E-state index is -0.288. The third kappa shape index (κ3) is 4.97. The van der Waals surface area contributed by atoms with E-state index in [0.717, 1.165) is 35.5 Å². The maximum absolute atomic E-state index is 13.3. The number of anilines is 1. The van der Waals surface area contributed by atoms with Gasteiger partial charge in [0.05, 0.1) is 11.0 Å². The zero-order valence-electron chi connectivity index (χ0n) is 18.4. The van der Waals surface area contributed by atoms with E-state index in [4.69, 9.17) is 4.98 Å². The number of para-hydroxylation sites is 2. The highest BCUT2D eigenvalue weighted by Gasteiger charge is 2.34. The van der Waals surface area contributed by atoms with Crippen molar-refractivity contribution in [1.29, 1.82) is 0 Å². The molecule has 1 aliphatic heterocycles. The lowest BCUT2D eigenvalue weighted by atomic mass is 10.1. The summed E-state index contributed by atoms with van der Waals surface area (Å²) < 4.78 is 15.6. The van der Waals surface area contributed by atoms with Gasteiger partial charge in [0.25, 0.3) is 0 Å². The molecule has 5 heteroatoms. The molecular weight excluding hydrogens is 389 g/mol. The van der Waals surface area contributed by atoms with E-state index in [1.54, 1.807) is 17.0 Å². The zero-order valence-corrected chi connectivity index (χ0v) is 18.4. The predicted molar refractivity (Wildman–Crippen MR) is 124 cm³/mol. The van der Waals surface area contributed by atoms with Crippen LogP contribution in [0.2, 0.25) is 0 Å². The van der Waals surface area contributed by atoms with Gasteiger partial charge in [-0.15, -0.1) is 0 Å². The monoisotopic (exact) mass is 421 g/mol. The number of fused-ring (bicyclic) bond motifs is 1. The first kappa shape index (κ1) is 21.5. The van der Waals surface area contributed by atoms with Crippen LogP contribution in [0, 0.1) is 5.82 Å². The van der Waals surface area contributed by atoms with Gasteiger partial charge < -0.3 is 9.47 Å². The van der Waals surface area contributed by atoms with Crippen molar-refractivity contribution < 1.29 is 9.18 Å². The quantitative estimate of drug-likeness (QED) is 0.353. The van der Waals surface area contributed by atoms with Crippen molar-refractivity contribution in [3.63, 3.8) is 0 Å². The number of aromatic nitrogens is 2. The number of halogens is 1. The number of aryl methyl sites for hydroxylation is 1. The van der Waals surface area contributed by atoms with Crippen LogP contribution in [0.4, 0.5) is 10.1 Å². The van der Waals surface area contributed by atoms with Gasteiger partial charge in [0.2, 0.25) is 5.91 Å². The maximum Gasteiger partial charge on any atom is 0.227 e. The number of nitrogens with zero attached hydrogens (tertiary/aromatic N) is 3. The second-order valence-electron chi connectivity index (χ2n) is 8.61. The molecule has 1 atom stereocenters. The molecule has 0 aliphatic carbocycles. The maximum atomic E-state index is 13.3. The van der Waals surface area contributed by atoms with Crippen LogP contribution < -0.4 is 4.90 Å². The van der Waals surface area contributed by atoms with Gasteiger partial charge in [-0.1, -0.05) is 57.6 Å². The summed E-state index contributed by atoms with van der Waals surface area (Å²) in [6.45, 7) is 3.77. The smallest absolute Gasteiger partial charge is 0.227 e. The van der Waals surface area contributed by atoms with E-state index >= 15 is 0 Å². The van der Waals surface area contributed by atoms with E-state index in [-0.39, 0.29) is 17.6 Å². The third-order valence-electron chi connectivity index (χ3n) is 6.30. The lowest BCUT2D eigenvalue weighted by molar-refractivity contribution is -0.117. The van der Waals surface area contributed by atoms with Gasteiger partial charge >= 0.3 is 0 Å². The van der Waals surface area contributed by atoms with E-state index in [0.29, 0.717) is 13.0 Å². The Balaban J connectivity index is 1.49. The fourth-order valence-corrected chi connectivity index (χ4v) is 4.62. The van der Waals surface area contributed by atoms with E-state index in [2.05, 4.69) is 29.7 Å². The molecule has 1 fully saturated rings. The molecule has 0 saturated carbocycles. The van der Waals surface area contributed by atoms with Crippen molar-refractivity contribution in [3.05, 3.63) is 60.2 Å². The van der Waals surface area contributed by atoms with Crippen molar-refractivity contribution in [2.75, 3.05) is 11.4 Å². The van der Waals surface area contributed by atoms with E-state index in [9.17, 15) is 9.18 Å². The fraction of sp³-hybridized carbons (Fsp3) is 0.462. The first-order chi connectivity index (χ1) is 15.2. The first-order valence-electron chi connectivity index (χ1n) is 11.7. The lowest BCUT2D eigenvalue weighted by Crippen LogP contribution is -2.24. The Morgan fingerprint density at radius 1 is 0.968 bits per heavy atom. The van der Waals surface area contributed by atoms with Crippen LogP contribution in [0.5, 0.6) is 0 Å². The average Bonchev–Trinajstić information content (AvgIpc) is 3.34. The second-order valence-corrected chi connectivity index (χ2v) is 8.61. The van der Waals surface area contributed by atoms with Gasteiger partial charge in [0, 0.05) is 31.1 Å². The third-order valence-corrected chi connectivity index (χ3v) is 6.30. The molecular formula is C26H32FN3O. The van der Waals surface area contributed by atoms with Crippen LogP contribution in [0.1, 0.15) is 70.0 Å². The summed E-state index contributed by atoms with van der Waals surface area (Å²) in [5.41, 5.74) is 2.90. The minimum Gasteiger partial charge on any atom is -0.328 e. The number of imidazole rings is 1. The Kier molecular flexibility index (Phi) is 7.00. The summed E-state index contributed by atoms with van der Waals surface area (Å²) in [6, 6.07) is 14.4. The molecule has 164 valence electrons. The van der Waals surface area contributed by atoms with Crippen molar-refractivity contribution in [3.8, 4) is 0 Å². The molecule has 0 N–H and O–H groups in total. The first-order valence-corrected chi connectivity index (χ1v) is 11.7. The highest BCUT2D eigenvalue weighted by atomic mass is 19.1. The number of hydrogen-bond donors (Lipinski definition) is 0. The van der Waals surface area contributed by atoms with Gasteiger partial charge in [0.15, 0.2) is 0 Å². The van der Waals surface area contributed by atoms with Crippen LogP contribution >= 0.6 is 0 Å². The van der Waals surface area contributed by atoms with E-state index in [1.807, 2.05) is 6.07 Å². The molecule has 3 aromatic rings. The summed E-state index contributed by atoms with van der Waals surface area (Å²) in [7, 11) is 0. The molecule has 1 unspecified atom stereocenters. The summed E-state index contributed by atoms with van der Waals surface area (Å²) >= 11 is 0. The molecule has 0 bridgehead atoms. The van der Waals surface area contributed by atoms with Gasteiger partial charge in [0.1, 0.15) is 11.6 Å². The standard InChI is InChI=1S/C26H32FN3O/c1-2-3-4-5-6-7-10-17-29-24-12-9-8-11-23(24)28-26(29)20-18-25(31)30(19-20)22-15-13-21(27)14-16-22/h8-9,11-16,20H,2-7,10,17-19H2,1H3. The molecule has 2 aromatic carbocycles. The number of hydrogen-bond acceptors (Lipinski definition) is 2. The number of amides is 1. The molecule has 1 aliphatic rings. The van der Waals surface area contributed by atoms with Gasteiger partial charge in [-0.25, -0.2) is 9.37 Å². The Morgan fingerprint density at radius 2 is 1.68 bits per heavy atom. The predicted octanol–water partition coefficient (Wildman–Crippen LogP) is 6.45. The molecule has 4 rings (SSSR count). The van der Waals surface area contributed by atoms with Crippen LogP contribution in [0.25, 0.3) is 11.0 Å². The number of carbonyl (C=O) groups excluding carboxylic acids is 1. The number of benzene rings is 2. The zero-order chi connectivity index (χ0) is 21.6. The van der Waals surface area contributed by atoms with Gasteiger partial charge in [-0.05, 0) is 42.8 Å². The normalized spacial score (nSPS) is 16.5. The Bertz CT molecular complexity index is 1010. The van der Waals surface area contributed by atoms with Crippen LogP contribution in [0.15, 0.2) is 48.5 Å². The Labute approximate surface area is 184 Å². The highest BCUT2D eigenvalue weighted by molar-refractivity contribution is 5.96. The largest absolute Gasteiger partial charge is 0.328 e. The SMILES string of the molecule is CCCCCCCCCn1c(C2CC(=O)N(c3ccc(F)cc3)C2)nc2ccccc21. The van der Waals surface area contributed by atoms with Crippen molar-refractivity contribution >= 4 is 22.6 Å². The van der Waals surface area contributed by atoms with Crippen LogP contribution in [-0.4, -0.2) is 22.0 Å². The molecule has 1 saturated heterocycles. The summed E-state index contributed by atoms with van der Waals surface area (Å²) in [5, 5.41) is 0. The van der Waals surface area contributed by atoms with Crippen molar-refractivity contribution in [2.24, 2.45) is 0 Å². The molecule has 1 aromatic heterocycles. The number of rotatable bonds is 10. The minimum absolute atomic E-state index is 0.0505. The lowest BCUT2D eigenvalue weighted by Gasteiger charge is -2.17. The second kappa shape index (κ2) is 10.1. The van der Waals surface area contributed by atoms with Crippen molar-refractivity contribution in [2.45, 2.75) is 70.8 Å². The van der Waals surface area contributed by atoms with Crippen LogP contribution in [-0.2, 0) is 11.3 Å². The molecule has 0 radical (unpaired) electrons. The van der Waals surface area contributed by atoms with Gasteiger partial charge in [-0.2, -0.15) is 0 Å². The molecule has 1 amide bonds. The summed E-state index contributed by atoms with van der Waals surface area (Å²) in [4.78, 5) is 19.5. The van der Waals surface area contributed by atoms with E-state index in [1.165, 1.54) is 50.7 Å². The number of carbonyl (C=O) groups is 1. The highest BCUT2D eigenvalue weighted by Crippen LogP contribution is 2.33. The topological polar surface area (TPSA) is 38.1 Å². The molecule has 4 nitrogen and oxygen atoms in total. The molecule has 31 heavy (non-hydrogen) atoms. The van der Waals surface area contributed by atoms with Crippen molar-refractivity contribution in [1.82, 2.24) is 9.55 Å². The van der Waals surface area contributed by atoms with Gasteiger partial charge in [-0.3, -0.25) is 4.79 Å². The number of unbranched alkanes of at least 4 members (excludes halogenated alkanes) is 6. The Hall–Kier alpha value is -2.69.